The van der Waals surface area contributed by atoms with E-state index < -0.39 is 23.3 Å². The number of nitrogens with one attached hydrogen (secondary N) is 1. The Morgan fingerprint density at radius 2 is 2.12 bits per heavy atom. The first-order valence-corrected chi connectivity index (χ1v) is 4.28. The highest BCUT2D eigenvalue weighted by molar-refractivity contribution is 6.29. The van der Waals surface area contributed by atoms with Crippen LogP contribution in [0.3, 0.4) is 0 Å². The van der Waals surface area contributed by atoms with Crippen molar-refractivity contribution in [2.75, 3.05) is 11.9 Å². The van der Waals surface area contributed by atoms with Crippen molar-refractivity contribution >= 4 is 23.1 Å². The molecular weight excluding hydrogens is 251 g/mol. The van der Waals surface area contributed by atoms with Crippen molar-refractivity contribution in [3.8, 4) is 0 Å². The fourth-order valence-corrected chi connectivity index (χ4v) is 1.07. The minimum absolute atomic E-state index is 0.251. The van der Waals surface area contributed by atoms with E-state index in [9.17, 15) is 23.3 Å². The SMILES string of the molecule is O=[N+]([O-])c1cc(Cl)nc(NCC(F)(F)F)c1. The summed E-state index contributed by atoms with van der Waals surface area (Å²) >= 11 is 5.41. The number of anilines is 1. The summed E-state index contributed by atoms with van der Waals surface area (Å²) in [4.78, 5) is 13.1. The van der Waals surface area contributed by atoms with Crippen LogP contribution in [-0.4, -0.2) is 22.6 Å². The number of nitrogens with zero attached hydrogens (tertiary/aromatic N) is 2. The van der Waals surface area contributed by atoms with Gasteiger partial charge < -0.3 is 5.32 Å². The molecule has 1 rings (SSSR count). The Labute approximate surface area is 92.4 Å². The standard InChI is InChI=1S/C7H5ClF3N3O2/c8-5-1-4(14(15)16)2-6(13-5)12-3-7(9,10)11/h1-2H,3H2,(H,12,13). The topological polar surface area (TPSA) is 68.1 Å². The van der Waals surface area contributed by atoms with Crippen LogP contribution in [-0.2, 0) is 0 Å². The first-order valence-electron chi connectivity index (χ1n) is 3.90. The maximum absolute atomic E-state index is 11.8. The Hall–Kier alpha value is -1.57. The third-order valence-corrected chi connectivity index (χ3v) is 1.65. The van der Waals surface area contributed by atoms with Crippen LogP contribution >= 0.6 is 11.6 Å². The van der Waals surface area contributed by atoms with Crippen LogP contribution in [0.25, 0.3) is 0 Å². The van der Waals surface area contributed by atoms with Gasteiger partial charge in [0.15, 0.2) is 0 Å². The molecule has 0 bridgehead atoms. The summed E-state index contributed by atoms with van der Waals surface area (Å²) in [5, 5.41) is 12.0. The molecule has 0 fully saturated rings. The van der Waals surface area contributed by atoms with Crippen LogP contribution < -0.4 is 5.32 Å². The number of aromatic nitrogens is 1. The second-order valence-electron chi connectivity index (χ2n) is 2.76. The van der Waals surface area contributed by atoms with Crippen LogP contribution in [0.4, 0.5) is 24.7 Å². The molecule has 1 aromatic rings. The van der Waals surface area contributed by atoms with Crippen molar-refractivity contribution in [2.45, 2.75) is 6.18 Å². The van der Waals surface area contributed by atoms with Gasteiger partial charge in [-0.05, 0) is 0 Å². The van der Waals surface area contributed by atoms with Crippen LogP contribution in [0, 0.1) is 10.1 Å². The van der Waals surface area contributed by atoms with Crippen LogP contribution in [0.1, 0.15) is 0 Å². The highest BCUT2D eigenvalue weighted by Gasteiger charge is 2.27. The zero-order valence-electron chi connectivity index (χ0n) is 7.58. The molecular formula is C7H5ClF3N3O2. The Bertz CT molecular complexity index is 410. The third kappa shape index (κ3) is 3.89. The lowest BCUT2D eigenvalue weighted by Crippen LogP contribution is -2.21. The summed E-state index contributed by atoms with van der Waals surface area (Å²) in [6, 6.07) is 1.82. The molecule has 0 atom stereocenters. The predicted molar refractivity (Wildman–Crippen MR) is 50.4 cm³/mol. The van der Waals surface area contributed by atoms with Crippen molar-refractivity contribution < 1.29 is 18.1 Å². The van der Waals surface area contributed by atoms with E-state index in [-0.39, 0.29) is 11.0 Å². The average molecular weight is 256 g/mol. The van der Waals surface area contributed by atoms with Gasteiger partial charge in [0.1, 0.15) is 17.5 Å². The van der Waals surface area contributed by atoms with Crippen LogP contribution in [0.5, 0.6) is 0 Å². The maximum Gasteiger partial charge on any atom is 0.405 e. The molecule has 0 aliphatic carbocycles. The molecule has 1 aromatic heterocycles. The lowest BCUT2D eigenvalue weighted by atomic mass is 10.4. The minimum atomic E-state index is -4.43. The molecule has 0 saturated carbocycles. The highest BCUT2D eigenvalue weighted by atomic mass is 35.5. The minimum Gasteiger partial charge on any atom is -0.361 e. The molecule has 0 aromatic carbocycles. The summed E-state index contributed by atoms with van der Waals surface area (Å²) in [5.41, 5.74) is -0.426. The first kappa shape index (κ1) is 12.5. The van der Waals surface area contributed by atoms with E-state index in [1.54, 1.807) is 0 Å². The quantitative estimate of drug-likeness (QED) is 0.512. The molecule has 0 unspecified atom stereocenters. The molecule has 0 spiro atoms. The lowest BCUT2D eigenvalue weighted by Gasteiger charge is -2.08. The third-order valence-electron chi connectivity index (χ3n) is 1.46. The number of hydrogen-bond donors (Lipinski definition) is 1. The van der Waals surface area contributed by atoms with Crippen molar-refractivity contribution in [3.63, 3.8) is 0 Å². The van der Waals surface area contributed by atoms with E-state index in [1.165, 1.54) is 0 Å². The van der Waals surface area contributed by atoms with Gasteiger partial charge in [-0.15, -0.1) is 0 Å². The molecule has 5 nitrogen and oxygen atoms in total. The van der Waals surface area contributed by atoms with E-state index in [1.807, 2.05) is 5.32 Å². The fourth-order valence-electron chi connectivity index (χ4n) is 0.870. The zero-order valence-corrected chi connectivity index (χ0v) is 8.34. The van der Waals surface area contributed by atoms with Gasteiger partial charge in [-0.25, -0.2) is 4.98 Å². The van der Waals surface area contributed by atoms with Gasteiger partial charge in [-0.1, -0.05) is 11.6 Å². The summed E-state index contributed by atoms with van der Waals surface area (Å²) in [6.07, 6.45) is -4.43. The van der Waals surface area contributed by atoms with Crippen LogP contribution in [0.2, 0.25) is 5.15 Å². The average Bonchev–Trinajstić information content (AvgIpc) is 2.13. The van der Waals surface area contributed by atoms with E-state index in [0.717, 1.165) is 12.1 Å². The smallest absolute Gasteiger partial charge is 0.361 e. The van der Waals surface area contributed by atoms with E-state index in [0.29, 0.717) is 0 Å². The van der Waals surface area contributed by atoms with Crippen molar-refractivity contribution in [1.29, 1.82) is 0 Å². The van der Waals surface area contributed by atoms with Gasteiger partial charge in [0.2, 0.25) is 0 Å². The normalized spacial score (nSPS) is 11.2. The van der Waals surface area contributed by atoms with Crippen molar-refractivity contribution in [3.05, 3.63) is 27.4 Å². The fraction of sp³-hybridized carbons (Fsp3) is 0.286. The Morgan fingerprint density at radius 3 is 2.62 bits per heavy atom. The largest absolute Gasteiger partial charge is 0.405 e. The second kappa shape index (κ2) is 4.52. The number of alkyl halides is 3. The summed E-state index contributed by atoms with van der Waals surface area (Å²) in [6.45, 7) is -1.34. The molecule has 0 amide bonds. The van der Waals surface area contributed by atoms with Gasteiger partial charge in [-0.3, -0.25) is 10.1 Å². The molecule has 0 aliphatic rings. The zero-order chi connectivity index (χ0) is 12.3. The lowest BCUT2D eigenvalue weighted by molar-refractivity contribution is -0.384. The molecule has 0 aliphatic heterocycles. The van der Waals surface area contributed by atoms with Gasteiger partial charge in [0.05, 0.1) is 17.1 Å². The molecule has 1 heterocycles. The number of rotatable bonds is 3. The first-order chi connectivity index (χ1) is 7.28. The van der Waals surface area contributed by atoms with E-state index >= 15 is 0 Å². The highest BCUT2D eigenvalue weighted by Crippen LogP contribution is 2.22. The molecule has 88 valence electrons. The molecule has 1 N–H and O–H groups in total. The summed E-state index contributed by atoms with van der Waals surface area (Å²) < 4.78 is 35.5. The maximum atomic E-state index is 11.8. The Balaban J connectivity index is 2.85. The number of halogens is 4. The van der Waals surface area contributed by atoms with Gasteiger partial charge in [0, 0.05) is 0 Å². The monoisotopic (exact) mass is 255 g/mol. The van der Waals surface area contributed by atoms with Crippen molar-refractivity contribution in [1.82, 2.24) is 4.98 Å². The number of nitro groups is 1. The summed E-state index contributed by atoms with van der Waals surface area (Å²) in [7, 11) is 0. The molecule has 0 radical (unpaired) electrons. The summed E-state index contributed by atoms with van der Waals surface area (Å²) in [5.74, 6) is -0.295. The van der Waals surface area contributed by atoms with Gasteiger partial charge >= 0.3 is 6.18 Å². The molecule has 16 heavy (non-hydrogen) atoms. The van der Waals surface area contributed by atoms with E-state index in [4.69, 9.17) is 11.6 Å². The number of pyridine rings is 1. The van der Waals surface area contributed by atoms with E-state index in [2.05, 4.69) is 4.98 Å². The molecule has 9 heteroatoms. The molecule has 0 saturated heterocycles. The number of hydrogen-bond acceptors (Lipinski definition) is 4. The van der Waals surface area contributed by atoms with Gasteiger partial charge in [0.25, 0.3) is 5.69 Å². The Kier molecular flexibility index (Phi) is 3.53. The second-order valence-corrected chi connectivity index (χ2v) is 3.15. The Morgan fingerprint density at radius 1 is 1.50 bits per heavy atom. The van der Waals surface area contributed by atoms with Crippen molar-refractivity contribution in [2.24, 2.45) is 0 Å². The van der Waals surface area contributed by atoms with Gasteiger partial charge in [-0.2, -0.15) is 13.2 Å². The predicted octanol–water partition coefficient (Wildman–Crippen LogP) is 2.62. The van der Waals surface area contributed by atoms with Crippen LogP contribution in [0.15, 0.2) is 12.1 Å².